The molecule has 0 amide bonds. The molecule has 19 heavy (non-hydrogen) atoms. The Bertz CT molecular complexity index is 486. The SMILES string of the molecule is CCOC(=O)c1cccc(C(=O)[O-])c1C(=O)[O-].[Na+].[Na+]. The Hall–Kier alpha value is -0.370. The minimum atomic E-state index is -1.77. The number of hydrogen-bond donors (Lipinski definition) is 0. The molecule has 1 aromatic carbocycles. The molecule has 8 heteroatoms. The second-order valence-corrected chi connectivity index (χ2v) is 3.02. The monoisotopic (exact) mass is 282 g/mol. The topological polar surface area (TPSA) is 107 Å². The van der Waals surface area contributed by atoms with Gasteiger partial charge in [0.15, 0.2) is 0 Å². The van der Waals surface area contributed by atoms with Crippen LogP contribution >= 0.6 is 0 Å². The van der Waals surface area contributed by atoms with Gasteiger partial charge in [0.05, 0.1) is 24.1 Å². The normalized spacial score (nSPS) is 8.68. The molecule has 0 heterocycles. The summed E-state index contributed by atoms with van der Waals surface area (Å²) in [6, 6.07) is 3.39. The molecule has 90 valence electrons. The average molecular weight is 282 g/mol. The van der Waals surface area contributed by atoms with Crippen molar-refractivity contribution in [1.82, 2.24) is 0 Å². The molecule has 0 unspecified atom stereocenters. The van der Waals surface area contributed by atoms with E-state index in [9.17, 15) is 24.6 Å². The zero-order valence-corrected chi connectivity index (χ0v) is 14.9. The second-order valence-electron chi connectivity index (χ2n) is 3.02. The third-order valence-corrected chi connectivity index (χ3v) is 1.98. The summed E-state index contributed by atoms with van der Waals surface area (Å²) in [5.41, 5.74) is -1.71. The number of ether oxygens (including phenoxy) is 1. The fraction of sp³-hybridized carbons (Fsp3) is 0.182. The van der Waals surface area contributed by atoms with Gasteiger partial charge in [-0.15, -0.1) is 0 Å². The molecular formula is C11H8Na2O6. The van der Waals surface area contributed by atoms with Gasteiger partial charge in [0.1, 0.15) is 0 Å². The van der Waals surface area contributed by atoms with Crippen molar-refractivity contribution in [3.8, 4) is 0 Å². The first-order chi connectivity index (χ1) is 7.99. The molecule has 0 fully saturated rings. The molecule has 0 bridgehead atoms. The van der Waals surface area contributed by atoms with Crippen LogP contribution in [0, 0.1) is 0 Å². The molecule has 0 aromatic heterocycles. The van der Waals surface area contributed by atoms with Gasteiger partial charge in [-0.2, -0.15) is 0 Å². The van der Waals surface area contributed by atoms with Crippen LogP contribution in [0.15, 0.2) is 18.2 Å². The molecule has 0 atom stereocenters. The number of carboxylic acids is 2. The van der Waals surface area contributed by atoms with E-state index in [2.05, 4.69) is 4.74 Å². The minimum Gasteiger partial charge on any atom is -0.545 e. The Kier molecular flexibility index (Phi) is 10.5. The van der Waals surface area contributed by atoms with E-state index in [-0.39, 0.29) is 71.3 Å². The van der Waals surface area contributed by atoms with Gasteiger partial charge in [0, 0.05) is 11.1 Å². The Labute approximate surface area is 153 Å². The second kappa shape index (κ2) is 9.52. The van der Waals surface area contributed by atoms with E-state index in [1.54, 1.807) is 6.92 Å². The standard InChI is InChI=1S/C11H10O6.2Na/c1-2-17-11(16)7-5-3-4-6(9(12)13)8(7)10(14)15;;/h3-5H,2H2,1H3,(H,12,13)(H,14,15);;/q;2*+1/p-2. The van der Waals surface area contributed by atoms with E-state index in [1.165, 1.54) is 6.07 Å². The van der Waals surface area contributed by atoms with Crippen LogP contribution in [0.2, 0.25) is 0 Å². The van der Waals surface area contributed by atoms with Crippen molar-refractivity contribution >= 4 is 17.9 Å². The van der Waals surface area contributed by atoms with Gasteiger partial charge in [0.25, 0.3) is 0 Å². The number of esters is 1. The van der Waals surface area contributed by atoms with Gasteiger partial charge in [-0.3, -0.25) is 0 Å². The third kappa shape index (κ3) is 5.25. The number of carboxylic acid groups (broad SMARTS) is 2. The molecule has 0 aliphatic rings. The maximum absolute atomic E-state index is 11.4. The summed E-state index contributed by atoms with van der Waals surface area (Å²) in [5.74, 6) is -4.39. The van der Waals surface area contributed by atoms with Crippen molar-refractivity contribution in [3.05, 3.63) is 34.9 Å². The van der Waals surface area contributed by atoms with E-state index in [1.807, 2.05) is 0 Å². The molecule has 0 radical (unpaired) electrons. The van der Waals surface area contributed by atoms with Crippen molar-refractivity contribution in [2.75, 3.05) is 6.61 Å². The zero-order valence-electron chi connectivity index (χ0n) is 10.9. The van der Waals surface area contributed by atoms with Gasteiger partial charge in [-0.1, -0.05) is 12.1 Å². The first-order valence-corrected chi connectivity index (χ1v) is 4.71. The summed E-state index contributed by atoms with van der Waals surface area (Å²) < 4.78 is 4.61. The van der Waals surface area contributed by atoms with Crippen LogP contribution in [0.3, 0.4) is 0 Å². The summed E-state index contributed by atoms with van der Waals surface area (Å²) in [5, 5.41) is 21.6. The summed E-state index contributed by atoms with van der Waals surface area (Å²) in [6.07, 6.45) is 0. The quantitative estimate of drug-likeness (QED) is 0.401. The molecule has 1 rings (SSSR count). The van der Waals surface area contributed by atoms with Gasteiger partial charge in [-0.25, -0.2) is 4.79 Å². The Morgan fingerprint density at radius 1 is 1.05 bits per heavy atom. The molecule has 0 saturated heterocycles. The van der Waals surface area contributed by atoms with Crippen molar-refractivity contribution in [3.63, 3.8) is 0 Å². The number of aromatic carboxylic acids is 2. The summed E-state index contributed by atoms with van der Waals surface area (Å²) >= 11 is 0. The fourth-order valence-corrected chi connectivity index (χ4v) is 1.32. The van der Waals surface area contributed by atoms with Gasteiger partial charge in [0.2, 0.25) is 0 Å². The third-order valence-electron chi connectivity index (χ3n) is 1.98. The van der Waals surface area contributed by atoms with E-state index in [4.69, 9.17) is 0 Å². The predicted molar refractivity (Wildman–Crippen MR) is 51.1 cm³/mol. The number of carbonyl (C=O) groups excluding carboxylic acids is 3. The molecule has 1 aromatic rings. The molecule has 0 aliphatic carbocycles. The summed E-state index contributed by atoms with van der Waals surface area (Å²) in [4.78, 5) is 33.0. The Morgan fingerprint density at radius 3 is 2.00 bits per heavy atom. The number of benzene rings is 1. The number of rotatable bonds is 4. The first kappa shape index (κ1) is 20.9. The van der Waals surface area contributed by atoms with Gasteiger partial charge >= 0.3 is 65.1 Å². The van der Waals surface area contributed by atoms with Crippen molar-refractivity contribution < 1.29 is 88.4 Å². The van der Waals surface area contributed by atoms with Crippen LogP contribution in [0.1, 0.15) is 38.0 Å². The maximum Gasteiger partial charge on any atom is 1.00 e. The van der Waals surface area contributed by atoms with Crippen LogP contribution in [0.4, 0.5) is 0 Å². The molecular weight excluding hydrogens is 274 g/mol. The van der Waals surface area contributed by atoms with Gasteiger partial charge < -0.3 is 24.5 Å². The summed E-state index contributed by atoms with van der Waals surface area (Å²) in [7, 11) is 0. The van der Waals surface area contributed by atoms with Crippen LogP contribution in [-0.4, -0.2) is 24.5 Å². The maximum atomic E-state index is 11.4. The van der Waals surface area contributed by atoms with Crippen molar-refractivity contribution in [2.45, 2.75) is 6.92 Å². The predicted octanol–water partition coefficient (Wildman–Crippen LogP) is -7.40. The fourth-order valence-electron chi connectivity index (χ4n) is 1.32. The largest absolute Gasteiger partial charge is 1.00 e. The van der Waals surface area contributed by atoms with Crippen molar-refractivity contribution in [2.24, 2.45) is 0 Å². The van der Waals surface area contributed by atoms with Crippen LogP contribution < -0.4 is 69.3 Å². The number of hydrogen-bond acceptors (Lipinski definition) is 6. The molecule has 0 saturated carbocycles. The number of carbonyl (C=O) groups is 3. The van der Waals surface area contributed by atoms with E-state index >= 15 is 0 Å². The molecule has 0 N–H and O–H groups in total. The smallest absolute Gasteiger partial charge is 0.545 e. The van der Waals surface area contributed by atoms with E-state index < -0.39 is 29.0 Å². The Balaban J connectivity index is 0. The van der Waals surface area contributed by atoms with Crippen LogP contribution in [0.25, 0.3) is 0 Å². The molecule has 0 spiro atoms. The van der Waals surface area contributed by atoms with Crippen molar-refractivity contribution in [1.29, 1.82) is 0 Å². The van der Waals surface area contributed by atoms with Crippen LogP contribution in [-0.2, 0) is 4.74 Å². The minimum absolute atomic E-state index is 0. The molecule has 6 nitrogen and oxygen atoms in total. The Morgan fingerprint density at radius 2 is 1.58 bits per heavy atom. The summed E-state index contributed by atoms with van der Waals surface area (Å²) in [6.45, 7) is 1.58. The van der Waals surface area contributed by atoms with Gasteiger partial charge in [-0.05, 0) is 13.0 Å². The van der Waals surface area contributed by atoms with E-state index in [0.29, 0.717) is 0 Å². The zero-order chi connectivity index (χ0) is 13.0. The molecule has 0 aliphatic heterocycles. The average Bonchev–Trinajstić information content (AvgIpc) is 2.28. The first-order valence-electron chi connectivity index (χ1n) is 4.71. The van der Waals surface area contributed by atoms with E-state index in [0.717, 1.165) is 12.1 Å². The van der Waals surface area contributed by atoms with Crippen LogP contribution in [0.5, 0.6) is 0 Å².